The van der Waals surface area contributed by atoms with Gasteiger partial charge in [-0.25, -0.2) is 4.68 Å². The van der Waals surface area contributed by atoms with Gasteiger partial charge in [-0.3, -0.25) is 0 Å². The molecule has 1 aromatic heterocycles. The Bertz CT molecular complexity index is 709. The summed E-state index contributed by atoms with van der Waals surface area (Å²) in [5, 5.41) is 24.0. The van der Waals surface area contributed by atoms with Crippen LogP contribution in [-0.4, -0.2) is 25.3 Å². The lowest BCUT2D eigenvalue weighted by Crippen LogP contribution is -2.06. The van der Waals surface area contributed by atoms with E-state index in [-0.39, 0.29) is 11.8 Å². The summed E-state index contributed by atoms with van der Waals surface area (Å²) in [6.07, 6.45) is 1.55. The minimum atomic E-state index is 0.0935. The third-order valence-corrected chi connectivity index (χ3v) is 3.23. The molecule has 1 unspecified atom stereocenters. The molecule has 2 aromatic carbocycles. The third kappa shape index (κ3) is 3.00. The van der Waals surface area contributed by atoms with Gasteiger partial charge >= 0.3 is 0 Å². The van der Waals surface area contributed by atoms with Crippen LogP contribution in [0.2, 0.25) is 0 Å². The van der Waals surface area contributed by atoms with Crippen molar-refractivity contribution in [3.8, 4) is 11.4 Å². The van der Waals surface area contributed by atoms with Gasteiger partial charge in [0.25, 0.3) is 0 Å². The van der Waals surface area contributed by atoms with E-state index in [0.717, 1.165) is 16.9 Å². The van der Waals surface area contributed by atoms with E-state index in [4.69, 9.17) is 0 Å². The highest BCUT2D eigenvalue weighted by Crippen LogP contribution is 2.22. The zero-order valence-electron chi connectivity index (χ0n) is 11.5. The lowest BCUT2D eigenvalue weighted by Gasteiger charge is -2.16. The first kappa shape index (κ1) is 13.1. The van der Waals surface area contributed by atoms with Crippen LogP contribution in [-0.2, 0) is 0 Å². The lowest BCUT2D eigenvalue weighted by atomic mass is 10.1. The van der Waals surface area contributed by atoms with Crippen LogP contribution in [0.25, 0.3) is 5.69 Å². The Kier molecular flexibility index (Phi) is 3.51. The molecule has 0 saturated heterocycles. The van der Waals surface area contributed by atoms with E-state index in [1.807, 2.05) is 43.3 Å². The van der Waals surface area contributed by atoms with Gasteiger partial charge in [-0.2, -0.15) is 0 Å². The van der Waals surface area contributed by atoms with Crippen LogP contribution in [0.1, 0.15) is 18.5 Å². The molecule has 1 atom stereocenters. The van der Waals surface area contributed by atoms with Gasteiger partial charge in [0.2, 0.25) is 0 Å². The largest absolute Gasteiger partial charge is 0.508 e. The average molecular weight is 281 g/mol. The van der Waals surface area contributed by atoms with Crippen molar-refractivity contribution in [2.24, 2.45) is 0 Å². The van der Waals surface area contributed by atoms with Gasteiger partial charge in [0.05, 0.1) is 5.69 Å². The van der Waals surface area contributed by atoms with Gasteiger partial charge in [-0.05, 0) is 59.3 Å². The predicted molar refractivity (Wildman–Crippen MR) is 79.3 cm³/mol. The number of hydrogen-bond donors (Lipinski definition) is 2. The highest BCUT2D eigenvalue weighted by molar-refractivity contribution is 5.50. The highest BCUT2D eigenvalue weighted by Gasteiger charge is 2.06. The van der Waals surface area contributed by atoms with E-state index < -0.39 is 0 Å². The fraction of sp³-hybridized carbons (Fsp3) is 0.133. The number of aromatic hydroxyl groups is 1. The Morgan fingerprint density at radius 3 is 2.62 bits per heavy atom. The van der Waals surface area contributed by atoms with Crippen molar-refractivity contribution < 1.29 is 5.11 Å². The molecule has 0 amide bonds. The van der Waals surface area contributed by atoms with Crippen LogP contribution in [0.15, 0.2) is 54.9 Å². The maximum atomic E-state index is 9.52. The van der Waals surface area contributed by atoms with E-state index in [2.05, 4.69) is 20.8 Å². The van der Waals surface area contributed by atoms with Crippen LogP contribution in [0.3, 0.4) is 0 Å². The van der Waals surface area contributed by atoms with Crippen LogP contribution >= 0.6 is 0 Å². The summed E-state index contributed by atoms with van der Waals surface area (Å²) < 4.78 is 1.60. The number of nitrogens with one attached hydrogen (secondary N) is 1. The van der Waals surface area contributed by atoms with E-state index in [1.54, 1.807) is 23.1 Å². The van der Waals surface area contributed by atoms with Crippen molar-refractivity contribution >= 4 is 5.69 Å². The van der Waals surface area contributed by atoms with E-state index >= 15 is 0 Å². The molecule has 0 saturated carbocycles. The van der Waals surface area contributed by atoms with Gasteiger partial charge in [0.15, 0.2) is 0 Å². The maximum absolute atomic E-state index is 9.52. The first-order valence-corrected chi connectivity index (χ1v) is 6.61. The van der Waals surface area contributed by atoms with Crippen LogP contribution in [0.5, 0.6) is 5.75 Å². The summed E-state index contributed by atoms with van der Waals surface area (Å²) in [5.41, 5.74) is 2.91. The number of aromatic nitrogens is 4. The van der Waals surface area contributed by atoms with Crippen molar-refractivity contribution in [3.63, 3.8) is 0 Å². The Hall–Kier alpha value is -2.89. The van der Waals surface area contributed by atoms with Gasteiger partial charge < -0.3 is 10.4 Å². The fourth-order valence-electron chi connectivity index (χ4n) is 2.12. The number of phenols is 1. The second kappa shape index (κ2) is 5.62. The Balaban J connectivity index is 1.73. The number of tetrazole rings is 1. The molecule has 0 spiro atoms. The lowest BCUT2D eigenvalue weighted by molar-refractivity contribution is 0.474. The first-order valence-electron chi connectivity index (χ1n) is 6.61. The maximum Gasteiger partial charge on any atom is 0.143 e. The highest BCUT2D eigenvalue weighted by atomic mass is 16.3. The minimum Gasteiger partial charge on any atom is -0.508 e. The minimum absolute atomic E-state index is 0.0935. The van der Waals surface area contributed by atoms with Crippen molar-refractivity contribution in [2.45, 2.75) is 13.0 Å². The standard InChI is InChI=1S/C15H15N5O/c1-11(12-3-2-4-15(21)9-12)17-13-5-7-14(8-6-13)20-10-16-18-19-20/h2-11,17,21H,1H3. The Morgan fingerprint density at radius 1 is 1.14 bits per heavy atom. The molecular weight excluding hydrogens is 266 g/mol. The summed E-state index contributed by atoms with van der Waals surface area (Å²) in [5.74, 6) is 0.273. The molecule has 106 valence electrons. The van der Waals surface area contributed by atoms with Crippen molar-refractivity contribution in [1.29, 1.82) is 0 Å². The molecule has 6 heteroatoms. The molecule has 21 heavy (non-hydrogen) atoms. The van der Waals surface area contributed by atoms with Crippen LogP contribution in [0.4, 0.5) is 5.69 Å². The van der Waals surface area contributed by atoms with E-state index in [0.29, 0.717) is 0 Å². The smallest absolute Gasteiger partial charge is 0.143 e. The van der Waals surface area contributed by atoms with Crippen molar-refractivity contribution in [3.05, 3.63) is 60.4 Å². The number of nitrogens with zero attached hydrogens (tertiary/aromatic N) is 4. The molecule has 3 aromatic rings. The second-order valence-electron chi connectivity index (χ2n) is 4.76. The molecule has 0 aliphatic rings. The molecule has 1 heterocycles. The molecule has 0 aliphatic carbocycles. The molecular formula is C15H15N5O. The Labute approximate surface area is 122 Å². The summed E-state index contributed by atoms with van der Waals surface area (Å²) in [6.45, 7) is 2.05. The zero-order chi connectivity index (χ0) is 14.7. The Morgan fingerprint density at radius 2 is 1.95 bits per heavy atom. The molecule has 3 rings (SSSR count). The monoisotopic (exact) mass is 281 g/mol. The van der Waals surface area contributed by atoms with Crippen LogP contribution < -0.4 is 5.32 Å². The first-order chi connectivity index (χ1) is 10.2. The number of anilines is 1. The SMILES string of the molecule is CC(Nc1ccc(-n2cnnn2)cc1)c1cccc(O)c1. The number of rotatable bonds is 4. The molecule has 0 radical (unpaired) electrons. The molecule has 6 nitrogen and oxygen atoms in total. The summed E-state index contributed by atoms with van der Waals surface area (Å²) in [7, 11) is 0. The number of phenolic OH excluding ortho intramolecular Hbond substituents is 1. The fourth-order valence-corrected chi connectivity index (χ4v) is 2.12. The summed E-state index contributed by atoms with van der Waals surface area (Å²) >= 11 is 0. The molecule has 0 bridgehead atoms. The molecule has 2 N–H and O–H groups in total. The van der Waals surface area contributed by atoms with Gasteiger partial charge in [0.1, 0.15) is 12.1 Å². The zero-order valence-corrected chi connectivity index (χ0v) is 11.5. The van der Waals surface area contributed by atoms with E-state index in [1.165, 1.54) is 0 Å². The number of benzene rings is 2. The van der Waals surface area contributed by atoms with Gasteiger partial charge in [-0.15, -0.1) is 5.10 Å². The average Bonchev–Trinajstić information content (AvgIpc) is 3.02. The summed E-state index contributed by atoms with van der Waals surface area (Å²) in [4.78, 5) is 0. The van der Waals surface area contributed by atoms with Gasteiger partial charge in [0, 0.05) is 11.7 Å². The summed E-state index contributed by atoms with van der Waals surface area (Å²) in [6, 6.07) is 15.1. The third-order valence-electron chi connectivity index (χ3n) is 3.23. The normalized spacial score (nSPS) is 12.0. The van der Waals surface area contributed by atoms with Gasteiger partial charge in [-0.1, -0.05) is 12.1 Å². The van der Waals surface area contributed by atoms with Crippen molar-refractivity contribution in [1.82, 2.24) is 20.2 Å². The topological polar surface area (TPSA) is 75.9 Å². The predicted octanol–water partition coefficient (Wildman–Crippen LogP) is 2.54. The second-order valence-corrected chi connectivity index (χ2v) is 4.76. The van der Waals surface area contributed by atoms with Crippen LogP contribution in [0, 0.1) is 0 Å². The molecule has 0 fully saturated rings. The quantitative estimate of drug-likeness (QED) is 0.768. The molecule has 0 aliphatic heterocycles. The van der Waals surface area contributed by atoms with E-state index in [9.17, 15) is 5.11 Å². The number of hydrogen-bond acceptors (Lipinski definition) is 5. The van der Waals surface area contributed by atoms with Crippen molar-refractivity contribution in [2.75, 3.05) is 5.32 Å².